The van der Waals surface area contributed by atoms with Crippen LogP contribution < -0.4 is 5.32 Å². The number of nitrogens with zero attached hydrogens (tertiary/aromatic N) is 2. The Morgan fingerprint density at radius 1 is 1.32 bits per heavy atom. The summed E-state index contributed by atoms with van der Waals surface area (Å²) < 4.78 is 0.237. The van der Waals surface area contributed by atoms with Crippen molar-refractivity contribution in [2.75, 3.05) is 26.4 Å². The molecule has 0 aliphatic carbocycles. The first-order valence-corrected chi connectivity index (χ1v) is 7.83. The summed E-state index contributed by atoms with van der Waals surface area (Å²) in [5.74, 6) is 1.03. The summed E-state index contributed by atoms with van der Waals surface area (Å²) >= 11 is 1.88. The maximum Gasteiger partial charge on any atom is 0.194 e. The van der Waals surface area contributed by atoms with E-state index in [1.807, 2.05) is 18.8 Å². The highest BCUT2D eigenvalue weighted by Gasteiger charge is 2.53. The largest absolute Gasteiger partial charge is 0.355 e. The molecule has 0 aromatic carbocycles. The number of guanidine groups is 1. The summed E-state index contributed by atoms with van der Waals surface area (Å²) in [7, 11) is 1.87. The van der Waals surface area contributed by atoms with E-state index >= 15 is 0 Å². The number of hydrogen-bond donors (Lipinski definition) is 1. The third-order valence-electron chi connectivity index (χ3n) is 4.58. The first kappa shape index (κ1) is 19.4. The van der Waals surface area contributed by atoms with Crippen LogP contribution in [0.2, 0.25) is 0 Å². The molecule has 3 nitrogen and oxygen atoms in total. The zero-order valence-electron chi connectivity index (χ0n) is 13.6. The summed E-state index contributed by atoms with van der Waals surface area (Å²) in [4.78, 5) is 6.81. The van der Waals surface area contributed by atoms with Crippen molar-refractivity contribution < 1.29 is 0 Å². The lowest BCUT2D eigenvalue weighted by atomic mass is 9.65. The Hall–Kier alpha value is 0.350. The first-order valence-electron chi connectivity index (χ1n) is 6.61. The second-order valence-electron chi connectivity index (χ2n) is 6.89. The molecule has 0 saturated carbocycles. The van der Waals surface area contributed by atoms with E-state index in [0.29, 0.717) is 5.41 Å². The molecule has 1 heterocycles. The van der Waals surface area contributed by atoms with Crippen molar-refractivity contribution in [3.05, 3.63) is 0 Å². The lowest BCUT2D eigenvalue weighted by Crippen LogP contribution is -2.72. The third kappa shape index (κ3) is 3.93. The molecule has 19 heavy (non-hydrogen) atoms. The molecule has 0 radical (unpaired) electrons. The Morgan fingerprint density at radius 2 is 1.84 bits per heavy atom. The molecular formula is C14H30IN3S. The molecule has 1 saturated heterocycles. The molecule has 1 rings (SSSR count). The van der Waals surface area contributed by atoms with Gasteiger partial charge in [0.15, 0.2) is 5.96 Å². The Balaban J connectivity index is 0.00000324. The average Bonchev–Trinajstić information content (AvgIpc) is 2.28. The number of halogens is 1. The highest BCUT2D eigenvalue weighted by molar-refractivity contribution is 14.0. The number of aliphatic imine (C=N–C) groups is 1. The lowest BCUT2D eigenvalue weighted by Gasteiger charge is -2.62. The van der Waals surface area contributed by atoms with Crippen molar-refractivity contribution in [2.24, 2.45) is 10.4 Å². The summed E-state index contributed by atoms with van der Waals surface area (Å²) in [6, 6.07) is 0. The quantitative estimate of drug-likeness (QED) is 0.448. The molecule has 0 atom stereocenters. The maximum absolute atomic E-state index is 4.43. The van der Waals surface area contributed by atoms with Gasteiger partial charge in [0.25, 0.3) is 0 Å². The molecule has 1 N–H and O–H groups in total. The topological polar surface area (TPSA) is 27.6 Å². The van der Waals surface area contributed by atoms with Crippen LogP contribution in [0.25, 0.3) is 0 Å². The molecule has 0 amide bonds. The smallest absolute Gasteiger partial charge is 0.194 e. The molecule has 0 aromatic heterocycles. The van der Waals surface area contributed by atoms with Crippen molar-refractivity contribution >= 4 is 41.7 Å². The molecule has 1 fully saturated rings. The fourth-order valence-electron chi connectivity index (χ4n) is 2.06. The molecule has 1 aliphatic rings. The predicted octanol–water partition coefficient (Wildman–Crippen LogP) is 3.44. The van der Waals surface area contributed by atoms with Crippen molar-refractivity contribution in [3.63, 3.8) is 0 Å². The standard InChI is InChI=1S/C14H29N3S.HI/c1-12(2)10-17(14(12,5)6)11(15-7)16-9-13(3,4)18-8;/h9-10H2,1-8H3,(H,15,16);1H. The summed E-state index contributed by atoms with van der Waals surface area (Å²) in [6.45, 7) is 15.7. The van der Waals surface area contributed by atoms with Crippen LogP contribution in [0.4, 0.5) is 0 Å². The van der Waals surface area contributed by atoms with Gasteiger partial charge in [0.2, 0.25) is 0 Å². The van der Waals surface area contributed by atoms with Crippen LogP contribution in [-0.4, -0.2) is 47.5 Å². The Kier molecular flexibility index (Phi) is 6.53. The van der Waals surface area contributed by atoms with Crippen LogP contribution in [0.5, 0.6) is 0 Å². The highest BCUT2D eigenvalue weighted by Crippen LogP contribution is 2.46. The molecule has 0 aromatic rings. The lowest BCUT2D eigenvalue weighted by molar-refractivity contribution is -0.0667. The minimum Gasteiger partial charge on any atom is -0.355 e. The van der Waals surface area contributed by atoms with E-state index in [1.54, 1.807) is 0 Å². The van der Waals surface area contributed by atoms with E-state index in [9.17, 15) is 0 Å². The minimum absolute atomic E-state index is 0. The third-order valence-corrected chi connectivity index (χ3v) is 5.83. The summed E-state index contributed by atoms with van der Waals surface area (Å²) in [6.07, 6.45) is 2.15. The molecule has 114 valence electrons. The molecule has 5 heteroatoms. The highest BCUT2D eigenvalue weighted by atomic mass is 127. The van der Waals surface area contributed by atoms with E-state index in [-0.39, 0.29) is 34.3 Å². The van der Waals surface area contributed by atoms with Crippen LogP contribution in [0.15, 0.2) is 4.99 Å². The van der Waals surface area contributed by atoms with E-state index in [1.165, 1.54) is 0 Å². The molecule has 0 unspecified atom stereocenters. The SMILES string of the molecule is CN=C(NCC(C)(C)SC)N1CC(C)(C)C1(C)C.I. The van der Waals surface area contributed by atoms with Crippen LogP contribution in [0.1, 0.15) is 41.5 Å². The Bertz CT molecular complexity index is 338. The monoisotopic (exact) mass is 399 g/mol. The molecule has 1 aliphatic heterocycles. The second kappa shape index (κ2) is 6.41. The predicted molar refractivity (Wildman–Crippen MR) is 98.9 cm³/mol. The zero-order chi connectivity index (χ0) is 14.2. The second-order valence-corrected chi connectivity index (χ2v) is 8.41. The number of nitrogens with one attached hydrogen (secondary N) is 1. The van der Waals surface area contributed by atoms with Crippen LogP contribution in [0.3, 0.4) is 0 Å². The van der Waals surface area contributed by atoms with Crippen molar-refractivity contribution in [1.29, 1.82) is 0 Å². The summed E-state index contributed by atoms with van der Waals surface area (Å²) in [5.41, 5.74) is 0.512. The van der Waals surface area contributed by atoms with Crippen LogP contribution in [-0.2, 0) is 0 Å². The van der Waals surface area contributed by atoms with Gasteiger partial charge in [-0.15, -0.1) is 24.0 Å². The van der Waals surface area contributed by atoms with E-state index in [0.717, 1.165) is 19.0 Å². The number of rotatable bonds is 3. The first-order chi connectivity index (χ1) is 8.07. The van der Waals surface area contributed by atoms with Crippen LogP contribution in [0, 0.1) is 5.41 Å². The maximum atomic E-state index is 4.43. The van der Waals surface area contributed by atoms with Gasteiger partial charge >= 0.3 is 0 Å². The fourth-order valence-corrected chi connectivity index (χ4v) is 2.28. The van der Waals surface area contributed by atoms with E-state index in [4.69, 9.17) is 0 Å². The normalized spacial score (nSPS) is 21.5. The van der Waals surface area contributed by atoms with Crippen molar-refractivity contribution in [1.82, 2.24) is 10.2 Å². The van der Waals surface area contributed by atoms with Gasteiger partial charge in [0, 0.05) is 35.8 Å². The van der Waals surface area contributed by atoms with Gasteiger partial charge in [-0.3, -0.25) is 4.99 Å². The van der Waals surface area contributed by atoms with E-state index in [2.05, 4.69) is 63.0 Å². The average molecular weight is 399 g/mol. The van der Waals surface area contributed by atoms with Crippen molar-refractivity contribution in [2.45, 2.75) is 51.8 Å². The van der Waals surface area contributed by atoms with E-state index < -0.39 is 0 Å². The number of likely N-dealkylation sites (tertiary alicyclic amines) is 1. The Morgan fingerprint density at radius 3 is 2.16 bits per heavy atom. The van der Waals surface area contributed by atoms with Gasteiger partial charge in [0.1, 0.15) is 0 Å². The van der Waals surface area contributed by atoms with Crippen molar-refractivity contribution in [3.8, 4) is 0 Å². The van der Waals surface area contributed by atoms with Gasteiger partial charge < -0.3 is 10.2 Å². The number of thioether (sulfide) groups is 1. The zero-order valence-corrected chi connectivity index (χ0v) is 16.8. The Labute approximate surface area is 140 Å². The van der Waals surface area contributed by atoms with Crippen LogP contribution >= 0.6 is 35.7 Å². The number of hydrogen-bond acceptors (Lipinski definition) is 2. The molecule has 0 spiro atoms. The minimum atomic E-state index is 0. The molecular weight excluding hydrogens is 369 g/mol. The van der Waals surface area contributed by atoms with Gasteiger partial charge in [-0.2, -0.15) is 11.8 Å². The van der Waals surface area contributed by atoms with Gasteiger partial charge in [-0.05, 0) is 34.0 Å². The van der Waals surface area contributed by atoms with Gasteiger partial charge in [0.05, 0.1) is 0 Å². The fraction of sp³-hybridized carbons (Fsp3) is 0.929. The van der Waals surface area contributed by atoms with Gasteiger partial charge in [-0.1, -0.05) is 13.8 Å². The molecule has 0 bridgehead atoms. The van der Waals surface area contributed by atoms with Gasteiger partial charge in [-0.25, -0.2) is 0 Å². The summed E-state index contributed by atoms with van der Waals surface area (Å²) in [5, 5.41) is 3.51.